The lowest BCUT2D eigenvalue weighted by Crippen LogP contribution is -2.29. The van der Waals surface area contributed by atoms with Crippen molar-refractivity contribution in [1.82, 2.24) is 4.31 Å². The molecule has 0 amide bonds. The molecule has 0 atom stereocenters. The molecule has 0 saturated heterocycles. The van der Waals surface area contributed by atoms with Crippen LogP contribution in [0, 0.1) is 6.92 Å². The van der Waals surface area contributed by atoms with Crippen molar-refractivity contribution in [2.24, 2.45) is 0 Å². The first-order valence-corrected chi connectivity index (χ1v) is 7.58. The summed E-state index contributed by atoms with van der Waals surface area (Å²) < 4.78 is 36.2. The Bertz CT molecular complexity index is 626. The van der Waals surface area contributed by atoms with Crippen LogP contribution < -0.4 is 9.47 Å². The van der Waals surface area contributed by atoms with Gasteiger partial charge >= 0.3 is 5.97 Å². The summed E-state index contributed by atoms with van der Waals surface area (Å²) >= 11 is 0. The lowest BCUT2D eigenvalue weighted by molar-refractivity contribution is -0.137. The van der Waals surface area contributed by atoms with Crippen LogP contribution in [0.15, 0.2) is 17.0 Å². The van der Waals surface area contributed by atoms with E-state index in [1.54, 1.807) is 13.0 Å². The Kier molecular flexibility index (Phi) is 5.56. The Labute approximate surface area is 124 Å². The highest BCUT2D eigenvalue weighted by molar-refractivity contribution is 7.89. The van der Waals surface area contributed by atoms with E-state index in [9.17, 15) is 13.2 Å². The van der Waals surface area contributed by atoms with Gasteiger partial charge in [-0.1, -0.05) is 0 Å². The molecule has 0 saturated carbocycles. The zero-order valence-corrected chi connectivity index (χ0v) is 13.2. The summed E-state index contributed by atoms with van der Waals surface area (Å²) in [5.74, 6) is -0.323. The van der Waals surface area contributed by atoms with Gasteiger partial charge in [0, 0.05) is 19.7 Å². The molecule has 0 unspecified atom stereocenters. The molecule has 0 aliphatic carbocycles. The zero-order chi connectivity index (χ0) is 16.2. The molecular formula is C13H19NO6S. The second kappa shape index (κ2) is 6.77. The Morgan fingerprint density at radius 1 is 1.24 bits per heavy atom. The highest BCUT2D eigenvalue weighted by Gasteiger charge is 2.25. The SMILES string of the molecule is COc1cc(C)c(S(=O)(=O)N(C)CCC(=O)O)cc1OC. The summed E-state index contributed by atoms with van der Waals surface area (Å²) in [4.78, 5) is 10.6. The zero-order valence-electron chi connectivity index (χ0n) is 12.4. The quantitative estimate of drug-likeness (QED) is 0.809. The predicted octanol–water partition coefficient (Wildman–Crippen LogP) is 1.11. The van der Waals surface area contributed by atoms with Gasteiger partial charge in [0.05, 0.1) is 25.5 Å². The van der Waals surface area contributed by atoms with Gasteiger partial charge in [-0.25, -0.2) is 12.7 Å². The molecule has 0 heterocycles. The Hall–Kier alpha value is -1.80. The Morgan fingerprint density at radius 2 is 1.76 bits per heavy atom. The van der Waals surface area contributed by atoms with Crippen molar-refractivity contribution < 1.29 is 27.8 Å². The van der Waals surface area contributed by atoms with E-state index >= 15 is 0 Å². The molecule has 1 rings (SSSR count). The van der Waals surface area contributed by atoms with Crippen molar-refractivity contribution in [3.63, 3.8) is 0 Å². The van der Waals surface area contributed by atoms with Crippen LogP contribution in [0.1, 0.15) is 12.0 Å². The maximum Gasteiger partial charge on any atom is 0.304 e. The summed E-state index contributed by atoms with van der Waals surface area (Å²) in [5.41, 5.74) is 0.495. The van der Waals surface area contributed by atoms with Crippen molar-refractivity contribution >= 4 is 16.0 Å². The number of carbonyl (C=O) groups is 1. The average Bonchev–Trinajstić information content (AvgIpc) is 2.43. The van der Waals surface area contributed by atoms with Gasteiger partial charge in [0.15, 0.2) is 11.5 Å². The Morgan fingerprint density at radius 3 is 2.24 bits per heavy atom. The molecule has 0 radical (unpaired) electrons. The maximum absolute atomic E-state index is 12.5. The minimum absolute atomic E-state index is 0.0630. The largest absolute Gasteiger partial charge is 0.493 e. The molecule has 21 heavy (non-hydrogen) atoms. The van der Waals surface area contributed by atoms with Crippen LogP contribution in [0.5, 0.6) is 11.5 Å². The smallest absolute Gasteiger partial charge is 0.304 e. The van der Waals surface area contributed by atoms with Gasteiger partial charge in [0.2, 0.25) is 10.0 Å². The van der Waals surface area contributed by atoms with Gasteiger partial charge in [-0.2, -0.15) is 0 Å². The average molecular weight is 317 g/mol. The fraction of sp³-hybridized carbons (Fsp3) is 0.462. The number of rotatable bonds is 7. The van der Waals surface area contributed by atoms with Gasteiger partial charge in [-0.05, 0) is 18.6 Å². The number of methoxy groups -OCH3 is 2. The van der Waals surface area contributed by atoms with E-state index in [1.165, 1.54) is 27.3 Å². The number of aliphatic carboxylic acids is 1. The molecule has 0 spiro atoms. The predicted molar refractivity (Wildman–Crippen MR) is 76.4 cm³/mol. The van der Waals surface area contributed by atoms with Crippen LogP contribution in [0.4, 0.5) is 0 Å². The molecule has 118 valence electrons. The third kappa shape index (κ3) is 3.85. The summed E-state index contributed by atoms with van der Waals surface area (Å²) in [6.07, 6.45) is -0.262. The second-order valence-corrected chi connectivity index (χ2v) is 6.46. The van der Waals surface area contributed by atoms with Crippen LogP contribution in [-0.2, 0) is 14.8 Å². The van der Waals surface area contributed by atoms with E-state index in [-0.39, 0.29) is 17.9 Å². The number of carboxylic acids is 1. The normalized spacial score (nSPS) is 11.5. The van der Waals surface area contributed by atoms with Crippen LogP contribution in [0.2, 0.25) is 0 Å². The molecule has 1 N–H and O–H groups in total. The summed E-state index contributed by atoms with van der Waals surface area (Å²) in [5, 5.41) is 8.65. The number of hydrogen-bond donors (Lipinski definition) is 1. The van der Waals surface area contributed by atoms with E-state index in [2.05, 4.69) is 0 Å². The molecule has 8 heteroatoms. The summed E-state index contributed by atoms with van der Waals surface area (Å²) in [6.45, 7) is 1.53. The first-order valence-electron chi connectivity index (χ1n) is 6.14. The number of ether oxygens (including phenoxy) is 2. The number of sulfonamides is 1. The third-order valence-electron chi connectivity index (χ3n) is 3.01. The first-order chi connectivity index (χ1) is 9.73. The van der Waals surface area contributed by atoms with Crippen LogP contribution >= 0.6 is 0 Å². The van der Waals surface area contributed by atoms with Gasteiger partial charge in [-0.15, -0.1) is 0 Å². The fourth-order valence-corrected chi connectivity index (χ4v) is 3.17. The van der Waals surface area contributed by atoms with E-state index in [4.69, 9.17) is 14.6 Å². The van der Waals surface area contributed by atoms with Crippen LogP contribution in [0.25, 0.3) is 0 Å². The molecule has 0 bridgehead atoms. The molecule has 1 aromatic rings. The van der Waals surface area contributed by atoms with E-state index in [0.29, 0.717) is 17.1 Å². The number of carboxylic acid groups (broad SMARTS) is 1. The van der Waals surface area contributed by atoms with E-state index in [1.807, 2.05) is 0 Å². The maximum atomic E-state index is 12.5. The van der Waals surface area contributed by atoms with Crippen molar-refractivity contribution in [2.45, 2.75) is 18.2 Å². The molecule has 0 aromatic heterocycles. The van der Waals surface area contributed by atoms with E-state index in [0.717, 1.165) is 4.31 Å². The molecule has 1 aromatic carbocycles. The molecular weight excluding hydrogens is 298 g/mol. The van der Waals surface area contributed by atoms with Gasteiger partial charge in [0.1, 0.15) is 0 Å². The Balaban J connectivity index is 3.22. The first kappa shape index (κ1) is 17.3. The summed E-state index contributed by atoms with van der Waals surface area (Å²) in [6, 6.07) is 2.94. The molecule has 0 aliphatic rings. The molecule has 0 aliphatic heterocycles. The second-order valence-electron chi connectivity index (χ2n) is 4.44. The number of nitrogens with zero attached hydrogens (tertiary/aromatic N) is 1. The monoisotopic (exact) mass is 317 g/mol. The van der Waals surface area contributed by atoms with Gasteiger partial charge in [-0.3, -0.25) is 4.79 Å². The number of benzene rings is 1. The third-order valence-corrected chi connectivity index (χ3v) is 5.01. The van der Waals surface area contributed by atoms with E-state index < -0.39 is 16.0 Å². The summed E-state index contributed by atoms with van der Waals surface area (Å²) in [7, 11) is 0.430. The standard InChI is InChI=1S/C13H19NO6S/c1-9-7-10(19-3)11(20-4)8-12(9)21(17,18)14(2)6-5-13(15)16/h7-8H,5-6H2,1-4H3,(H,15,16). The van der Waals surface area contributed by atoms with Crippen LogP contribution in [0.3, 0.4) is 0 Å². The minimum atomic E-state index is -3.79. The van der Waals surface area contributed by atoms with Gasteiger partial charge < -0.3 is 14.6 Å². The lowest BCUT2D eigenvalue weighted by atomic mass is 10.2. The number of hydrogen-bond acceptors (Lipinski definition) is 5. The topological polar surface area (TPSA) is 93.1 Å². The van der Waals surface area contributed by atoms with Crippen molar-refractivity contribution in [2.75, 3.05) is 27.8 Å². The van der Waals surface area contributed by atoms with Crippen molar-refractivity contribution in [1.29, 1.82) is 0 Å². The highest BCUT2D eigenvalue weighted by atomic mass is 32.2. The van der Waals surface area contributed by atoms with Crippen molar-refractivity contribution in [3.05, 3.63) is 17.7 Å². The minimum Gasteiger partial charge on any atom is -0.493 e. The van der Waals surface area contributed by atoms with Crippen molar-refractivity contribution in [3.8, 4) is 11.5 Å². The lowest BCUT2D eigenvalue weighted by Gasteiger charge is -2.19. The number of aryl methyl sites for hydroxylation is 1. The van der Waals surface area contributed by atoms with Gasteiger partial charge in [0.25, 0.3) is 0 Å². The molecule has 0 fully saturated rings. The van der Waals surface area contributed by atoms with Crippen LogP contribution in [-0.4, -0.2) is 51.6 Å². The highest BCUT2D eigenvalue weighted by Crippen LogP contribution is 2.33. The fourth-order valence-electron chi connectivity index (χ4n) is 1.78. The molecule has 7 nitrogen and oxygen atoms in total.